The summed E-state index contributed by atoms with van der Waals surface area (Å²) in [6.45, 7) is 2.17. The molecular formula is C6H15N2OS2-. The van der Waals surface area contributed by atoms with Gasteiger partial charge in [-0.2, -0.15) is 0 Å². The summed E-state index contributed by atoms with van der Waals surface area (Å²) in [6, 6.07) is 0. The molecule has 0 amide bonds. The molecule has 0 rings (SSSR count). The summed E-state index contributed by atoms with van der Waals surface area (Å²) in [7, 11) is -1.61. The van der Waals surface area contributed by atoms with Crippen LogP contribution in [0, 0.1) is 4.78 Å². The molecule has 0 aromatic rings. The molecule has 0 aromatic heterocycles. The van der Waals surface area contributed by atoms with Crippen molar-refractivity contribution < 1.29 is 4.21 Å². The molecule has 3 nitrogen and oxygen atoms in total. The van der Waals surface area contributed by atoms with Gasteiger partial charge in [0.25, 0.3) is 0 Å². The van der Waals surface area contributed by atoms with E-state index in [2.05, 4.69) is 11.1 Å². The molecule has 0 aromatic carbocycles. The lowest BCUT2D eigenvalue weighted by Gasteiger charge is -2.03. The predicted molar refractivity (Wildman–Crippen MR) is 50.5 cm³/mol. The first-order chi connectivity index (χ1) is 5.27. The molecule has 0 saturated carbocycles. The van der Waals surface area contributed by atoms with Crippen molar-refractivity contribution in [3.8, 4) is 0 Å². The lowest BCUT2D eigenvalue weighted by atomic mass is 10.2. The Morgan fingerprint density at radius 2 is 2.18 bits per heavy atom. The largest absolute Gasteiger partial charge is 0.429 e. The van der Waals surface area contributed by atoms with E-state index in [4.69, 9.17) is 4.78 Å². The number of hydrogen-bond acceptors (Lipinski definition) is 4. The van der Waals surface area contributed by atoms with Gasteiger partial charge in [-0.3, -0.25) is 0 Å². The molecule has 0 atom stereocenters. The van der Waals surface area contributed by atoms with Crippen LogP contribution in [0.5, 0.6) is 0 Å². The summed E-state index contributed by atoms with van der Waals surface area (Å²) >= 11 is 1.37. The second-order valence-corrected chi connectivity index (χ2v) is 4.16. The maximum Gasteiger partial charge on any atom is 0.00632 e. The molecule has 0 radical (unpaired) electrons. The lowest BCUT2D eigenvalue weighted by molar-refractivity contribution is 0.598. The predicted octanol–water partition coefficient (Wildman–Crippen LogP) is 2.45. The first-order valence-electron chi connectivity index (χ1n) is 3.77. The molecule has 0 aliphatic heterocycles. The van der Waals surface area contributed by atoms with E-state index in [-0.39, 0.29) is 0 Å². The maximum absolute atomic E-state index is 10.2. The number of nitrogens with one attached hydrogen (secondary N) is 2. The molecular weight excluding hydrogens is 180 g/mol. The average molecular weight is 195 g/mol. The Morgan fingerprint density at radius 1 is 1.45 bits per heavy atom. The number of unbranched alkanes of at least 4 members (excludes halogenated alkanes) is 3. The van der Waals surface area contributed by atoms with Gasteiger partial charge in [-0.25, -0.2) is 0 Å². The second kappa shape index (κ2) is 8.36. The van der Waals surface area contributed by atoms with Gasteiger partial charge in [0.05, 0.1) is 0 Å². The number of rotatable bonds is 7. The first-order valence-corrected chi connectivity index (χ1v) is 5.91. The maximum atomic E-state index is 10.2. The fraction of sp³-hybridized carbons (Fsp3) is 1.00. The number of hydrogen-bond donors (Lipinski definition) is 2. The Balaban J connectivity index is 2.90. The summed E-state index contributed by atoms with van der Waals surface area (Å²) in [5, 5.41) is 0. The topological polar surface area (TPSA) is 53.0 Å². The molecule has 0 unspecified atom stereocenters. The highest BCUT2D eigenvalue weighted by atomic mass is 32.2. The third-order valence-electron chi connectivity index (χ3n) is 1.23. The Bertz CT molecular complexity index is 140. The molecule has 5 heteroatoms. The van der Waals surface area contributed by atoms with E-state index in [1.54, 1.807) is 0 Å². The minimum Gasteiger partial charge on any atom is -0.429 e. The van der Waals surface area contributed by atoms with E-state index in [0.29, 0.717) is 0 Å². The van der Waals surface area contributed by atoms with Gasteiger partial charge < -0.3 is 13.1 Å². The molecule has 0 bridgehead atoms. The van der Waals surface area contributed by atoms with Crippen molar-refractivity contribution in [2.75, 3.05) is 5.75 Å². The zero-order chi connectivity index (χ0) is 8.53. The zero-order valence-electron chi connectivity index (χ0n) is 6.76. The third kappa shape index (κ3) is 10.3. The van der Waals surface area contributed by atoms with Crippen molar-refractivity contribution in [1.29, 1.82) is 4.78 Å². The van der Waals surface area contributed by atoms with Gasteiger partial charge in [-0.1, -0.05) is 26.2 Å². The van der Waals surface area contributed by atoms with E-state index < -0.39 is 10.8 Å². The highest BCUT2D eigenvalue weighted by Gasteiger charge is 1.85. The van der Waals surface area contributed by atoms with Crippen molar-refractivity contribution in [2.24, 2.45) is 0 Å². The van der Waals surface area contributed by atoms with Crippen LogP contribution in [0.2, 0.25) is 0 Å². The molecule has 68 valence electrons. The zero-order valence-corrected chi connectivity index (χ0v) is 8.39. The Morgan fingerprint density at radius 3 is 2.73 bits per heavy atom. The monoisotopic (exact) mass is 195 g/mol. The molecule has 0 fully saturated rings. The normalized spacial score (nSPS) is 10.7. The van der Waals surface area contributed by atoms with Crippen LogP contribution in [0.15, 0.2) is 0 Å². The van der Waals surface area contributed by atoms with Gasteiger partial charge in [-0.15, -0.1) is 22.7 Å². The average Bonchev–Trinajstić information content (AvgIpc) is 1.96. The SMILES string of the molecule is CCCCCCSN[S-](=N)=O. The lowest BCUT2D eigenvalue weighted by Crippen LogP contribution is -1.98. The standard InChI is InChI=1S/C6H15N2OS2/c1-2-3-4-5-6-10-8-11(7)9/h2-6H2,1H3,(H2,7,8,9)/q-1. The minimum absolute atomic E-state index is 0.949. The minimum atomic E-state index is -1.61. The van der Waals surface area contributed by atoms with Gasteiger partial charge in [0.15, 0.2) is 0 Å². The van der Waals surface area contributed by atoms with Crippen molar-refractivity contribution in [3.63, 3.8) is 0 Å². The van der Waals surface area contributed by atoms with E-state index in [1.165, 1.54) is 31.2 Å². The summed E-state index contributed by atoms with van der Waals surface area (Å²) < 4.78 is 19.3. The summed E-state index contributed by atoms with van der Waals surface area (Å²) in [5.41, 5.74) is 0. The second-order valence-electron chi connectivity index (χ2n) is 2.26. The van der Waals surface area contributed by atoms with Crippen LogP contribution in [0.25, 0.3) is 0 Å². The van der Waals surface area contributed by atoms with Gasteiger partial charge >= 0.3 is 0 Å². The van der Waals surface area contributed by atoms with Crippen LogP contribution >= 0.6 is 11.9 Å². The summed E-state index contributed by atoms with van der Waals surface area (Å²) in [4.78, 5) is 0. The van der Waals surface area contributed by atoms with Gasteiger partial charge in [0, 0.05) is 5.75 Å². The quantitative estimate of drug-likeness (QED) is 0.372. The van der Waals surface area contributed by atoms with Crippen LogP contribution in [0.3, 0.4) is 0 Å². The Kier molecular flexibility index (Phi) is 8.56. The molecule has 0 heterocycles. The molecule has 0 spiro atoms. The van der Waals surface area contributed by atoms with Crippen molar-refractivity contribution >= 4 is 22.7 Å². The van der Waals surface area contributed by atoms with E-state index in [9.17, 15) is 4.21 Å². The molecule has 0 aliphatic rings. The van der Waals surface area contributed by atoms with Crippen LogP contribution < -0.4 is 4.13 Å². The first kappa shape index (κ1) is 11.3. The Hall–Kier alpha value is 0.260. The van der Waals surface area contributed by atoms with Crippen LogP contribution in [-0.4, -0.2) is 5.75 Å². The van der Waals surface area contributed by atoms with Crippen molar-refractivity contribution in [3.05, 3.63) is 0 Å². The van der Waals surface area contributed by atoms with E-state index in [1.807, 2.05) is 0 Å². The fourth-order valence-electron chi connectivity index (χ4n) is 0.696. The third-order valence-corrected chi connectivity index (χ3v) is 2.80. The Labute approximate surface area is 74.6 Å². The van der Waals surface area contributed by atoms with E-state index in [0.717, 1.165) is 12.2 Å². The fourth-order valence-corrected chi connectivity index (χ4v) is 1.81. The molecule has 11 heavy (non-hydrogen) atoms. The highest BCUT2D eigenvalue weighted by molar-refractivity contribution is 8.04. The molecule has 0 aliphatic carbocycles. The molecule has 0 saturated heterocycles. The van der Waals surface area contributed by atoms with E-state index >= 15 is 0 Å². The van der Waals surface area contributed by atoms with Crippen molar-refractivity contribution in [1.82, 2.24) is 4.13 Å². The van der Waals surface area contributed by atoms with Gasteiger partial charge in [-0.05, 0) is 6.42 Å². The van der Waals surface area contributed by atoms with Gasteiger partial charge in [0.1, 0.15) is 0 Å². The van der Waals surface area contributed by atoms with Crippen molar-refractivity contribution in [2.45, 2.75) is 32.6 Å². The van der Waals surface area contributed by atoms with Gasteiger partial charge in [0.2, 0.25) is 0 Å². The van der Waals surface area contributed by atoms with Crippen LogP contribution in [0.1, 0.15) is 32.6 Å². The highest BCUT2D eigenvalue weighted by Crippen LogP contribution is 2.03. The summed E-state index contributed by atoms with van der Waals surface area (Å²) in [6.07, 6.45) is 4.88. The van der Waals surface area contributed by atoms with Crippen LogP contribution in [0.4, 0.5) is 0 Å². The smallest absolute Gasteiger partial charge is 0.00632 e. The molecule has 2 N–H and O–H groups in total. The van der Waals surface area contributed by atoms with Crippen LogP contribution in [-0.2, 0) is 15.0 Å². The summed E-state index contributed by atoms with van der Waals surface area (Å²) in [5.74, 6) is 0.949.